The van der Waals surface area contributed by atoms with E-state index in [9.17, 15) is 9.67 Å². The van der Waals surface area contributed by atoms with Crippen molar-refractivity contribution in [3.63, 3.8) is 0 Å². The Kier molecular flexibility index (Phi) is 2.39. The van der Waals surface area contributed by atoms with Crippen LogP contribution in [0.25, 0.3) is 10.8 Å². The molecule has 2 rings (SSSR count). The van der Waals surface area contributed by atoms with Crippen LogP contribution in [-0.2, 0) is 4.57 Å². The number of benzene rings is 2. The summed E-state index contributed by atoms with van der Waals surface area (Å²) in [6.45, 7) is 0. The summed E-state index contributed by atoms with van der Waals surface area (Å²) in [5.41, 5.74) is 5.75. The fourth-order valence-corrected chi connectivity index (χ4v) is 2.40. The van der Waals surface area contributed by atoms with Crippen LogP contribution in [-0.4, -0.2) is 14.9 Å². The van der Waals surface area contributed by atoms with E-state index in [-0.39, 0.29) is 16.7 Å². The molecule has 16 heavy (non-hydrogen) atoms. The number of nitrogen functional groups attached to an aromatic ring is 1. The van der Waals surface area contributed by atoms with Crippen molar-refractivity contribution < 1.29 is 19.5 Å². The number of phenols is 1. The maximum atomic E-state index is 11.3. The maximum absolute atomic E-state index is 11.3. The van der Waals surface area contributed by atoms with E-state index in [0.29, 0.717) is 10.8 Å². The molecule has 0 fully saturated rings. The Morgan fingerprint density at radius 1 is 1.12 bits per heavy atom. The highest BCUT2D eigenvalue weighted by molar-refractivity contribution is 7.60. The van der Waals surface area contributed by atoms with Gasteiger partial charge < -0.3 is 20.6 Å². The molecule has 5 nitrogen and oxygen atoms in total. The summed E-state index contributed by atoms with van der Waals surface area (Å²) < 4.78 is 11.3. The molecule has 2 aromatic rings. The van der Waals surface area contributed by atoms with Crippen LogP contribution in [0.1, 0.15) is 0 Å². The van der Waals surface area contributed by atoms with Gasteiger partial charge in [-0.3, -0.25) is 4.57 Å². The summed E-state index contributed by atoms with van der Waals surface area (Å²) >= 11 is 0. The molecule has 0 bridgehead atoms. The molecule has 0 amide bonds. The van der Waals surface area contributed by atoms with Gasteiger partial charge in [0.25, 0.3) is 0 Å². The first-order chi connectivity index (χ1) is 7.41. The van der Waals surface area contributed by atoms with Crippen molar-refractivity contribution in [1.82, 2.24) is 0 Å². The van der Waals surface area contributed by atoms with Crippen LogP contribution in [0.2, 0.25) is 0 Å². The minimum absolute atomic E-state index is 0.118. The lowest BCUT2D eigenvalue weighted by atomic mass is 10.1. The topological polar surface area (TPSA) is 104 Å². The summed E-state index contributed by atoms with van der Waals surface area (Å²) in [7, 11) is -4.43. The van der Waals surface area contributed by atoms with Gasteiger partial charge in [-0.25, -0.2) is 0 Å². The van der Waals surface area contributed by atoms with E-state index in [4.69, 9.17) is 15.5 Å². The highest BCUT2D eigenvalue weighted by Gasteiger charge is 2.22. The first kappa shape index (κ1) is 11.0. The zero-order chi connectivity index (χ0) is 11.9. The molecule has 0 saturated carbocycles. The number of anilines is 1. The van der Waals surface area contributed by atoms with Crippen LogP contribution in [0.3, 0.4) is 0 Å². The van der Waals surface area contributed by atoms with Crippen molar-refractivity contribution in [1.29, 1.82) is 0 Å². The van der Waals surface area contributed by atoms with Crippen LogP contribution >= 0.6 is 7.60 Å². The highest BCUT2D eigenvalue weighted by atomic mass is 31.2. The fourth-order valence-electron chi connectivity index (χ4n) is 1.61. The summed E-state index contributed by atoms with van der Waals surface area (Å²) in [5, 5.41) is 10.1. The van der Waals surface area contributed by atoms with Gasteiger partial charge in [0, 0.05) is 5.39 Å². The van der Waals surface area contributed by atoms with Gasteiger partial charge in [-0.15, -0.1) is 0 Å². The lowest BCUT2D eigenvalue weighted by Gasteiger charge is -2.11. The average molecular weight is 239 g/mol. The number of fused-ring (bicyclic) bond motifs is 1. The van der Waals surface area contributed by atoms with Crippen molar-refractivity contribution >= 4 is 29.4 Å². The Bertz CT molecular complexity index is 605. The molecule has 0 aliphatic rings. The molecular weight excluding hydrogens is 229 g/mol. The van der Waals surface area contributed by atoms with Crippen LogP contribution in [0.15, 0.2) is 30.3 Å². The van der Waals surface area contributed by atoms with E-state index >= 15 is 0 Å². The minimum Gasteiger partial charge on any atom is -0.506 e. The normalized spacial score (nSPS) is 11.9. The average Bonchev–Trinajstić information content (AvgIpc) is 2.22. The predicted octanol–water partition coefficient (Wildman–Crippen LogP) is 0.931. The van der Waals surface area contributed by atoms with Crippen LogP contribution in [0, 0.1) is 0 Å². The quantitative estimate of drug-likeness (QED) is 0.336. The standard InChI is InChI=1S/C10H10NO4P/c11-10-7-4-2-1-3-6(7)9(5-8(10)12)16(13,14)15/h1-5,12H,11H2,(H2,13,14,15). The molecule has 0 radical (unpaired) electrons. The molecule has 0 aliphatic carbocycles. The van der Waals surface area contributed by atoms with E-state index in [1.165, 1.54) is 0 Å². The molecule has 0 spiro atoms. The van der Waals surface area contributed by atoms with E-state index in [1.54, 1.807) is 24.3 Å². The second-order valence-corrected chi connectivity index (χ2v) is 4.99. The molecule has 0 aliphatic heterocycles. The number of rotatable bonds is 1. The van der Waals surface area contributed by atoms with Gasteiger partial charge in [-0.1, -0.05) is 24.3 Å². The largest absolute Gasteiger partial charge is 0.506 e. The lowest BCUT2D eigenvalue weighted by molar-refractivity contribution is 0.387. The van der Waals surface area contributed by atoms with Crippen molar-refractivity contribution in [3.8, 4) is 5.75 Å². The Labute approximate surface area is 91.3 Å². The molecule has 0 saturated heterocycles. The molecular formula is C10H10NO4P. The lowest BCUT2D eigenvalue weighted by Crippen LogP contribution is -2.07. The SMILES string of the molecule is Nc1c(O)cc(P(=O)(O)O)c2ccccc12. The van der Waals surface area contributed by atoms with E-state index < -0.39 is 7.60 Å². The molecule has 5 N–H and O–H groups in total. The number of phenolic OH excluding ortho intramolecular Hbond substituents is 1. The van der Waals surface area contributed by atoms with Gasteiger partial charge in [0.2, 0.25) is 0 Å². The molecule has 0 heterocycles. The number of hydrogen-bond donors (Lipinski definition) is 4. The van der Waals surface area contributed by atoms with Crippen molar-refractivity contribution in [2.75, 3.05) is 5.73 Å². The van der Waals surface area contributed by atoms with E-state index in [0.717, 1.165) is 6.07 Å². The van der Waals surface area contributed by atoms with Gasteiger partial charge in [0.05, 0.1) is 11.0 Å². The van der Waals surface area contributed by atoms with Crippen molar-refractivity contribution in [2.24, 2.45) is 0 Å². The molecule has 0 unspecified atom stereocenters. The zero-order valence-electron chi connectivity index (χ0n) is 8.16. The fraction of sp³-hybridized carbons (Fsp3) is 0. The monoisotopic (exact) mass is 239 g/mol. The van der Waals surface area contributed by atoms with Gasteiger partial charge >= 0.3 is 7.60 Å². The van der Waals surface area contributed by atoms with Gasteiger partial charge in [-0.2, -0.15) is 0 Å². The van der Waals surface area contributed by atoms with Gasteiger partial charge in [0.15, 0.2) is 0 Å². The molecule has 0 aromatic heterocycles. The summed E-state index contributed by atoms with van der Waals surface area (Å²) in [6, 6.07) is 7.50. The van der Waals surface area contributed by atoms with Gasteiger partial charge in [0.1, 0.15) is 5.75 Å². The van der Waals surface area contributed by atoms with Crippen LogP contribution in [0.4, 0.5) is 5.69 Å². The Hall–Kier alpha value is -1.55. The third-order valence-electron chi connectivity index (χ3n) is 2.36. The van der Waals surface area contributed by atoms with E-state index in [2.05, 4.69) is 0 Å². The first-order valence-electron chi connectivity index (χ1n) is 4.47. The van der Waals surface area contributed by atoms with Crippen molar-refractivity contribution in [2.45, 2.75) is 0 Å². The van der Waals surface area contributed by atoms with Crippen LogP contribution < -0.4 is 11.0 Å². The minimum atomic E-state index is -4.43. The number of aromatic hydroxyl groups is 1. The molecule has 84 valence electrons. The van der Waals surface area contributed by atoms with Crippen LogP contribution in [0.5, 0.6) is 5.75 Å². The Balaban J connectivity index is 2.96. The van der Waals surface area contributed by atoms with Gasteiger partial charge in [-0.05, 0) is 11.5 Å². The maximum Gasteiger partial charge on any atom is 0.356 e. The molecule has 0 atom stereocenters. The number of hydrogen-bond acceptors (Lipinski definition) is 3. The molecule has 2 aromatic carbocycles. The Morgan fingerprint density at radius 3 is 2.25 bits per heavy atom. The van der Waals surface area contributed by atoms with Crippen molar-refractivity contribution in [3.05, 3.63) is 30.3 Å². The number of nitrogens with two attached hydrogens (primary N) is 1. The highest BCUT2D eigenvalue weighted by Crippen LogP contribution is 2.40. The zero-order valence-corrected chi connectivity index (χ0v) is 9.06. The summed E-state index contributed by atoms with van der Waals surface area (Å²) in [5.74, 6) is -0.322. The second-order valence-electron chi connectivity index (χ2n) is 3.42. The second kappa shape index (κ2) is 3.49. The summed E-state index contributed by atoms with van der Waals surface area (Å²) in [4.78, 5) is 18.3. The first-order valence-corrected chi connectivity index (χ1v) is 6.09. The summed E-state index contributed by atoms with van der Waals surface area (Å²) in [6.07, 6.45) is 0. The third kappa shape index (κ3) is 1.65. The third-order valence-corrected chi connectivity index (χ3v) is 3.35. The predicted molar refractivity (Wildman–Crippen MR) is 61.7 cm³/mol. The smallest absolute Gasteiger partial charge is 0.356 e. The Morgan fingerprint density at radius 2 is 1.69 bits per heavy atom. The molecule has 6 heteroatoms. The van der Waals surface area contributed by atoms with E-state index in [1.807, 2.05) is 0 Å².